The third-order valence-electron chi connectivity index (χ3n) is 2.29. The highest BCUT2D eigenvalue weighted by Gasteiger charge is 2.05. The summed E-state index contributed by atoms with van der Waals surface area (Å²) >= 11 is 7.33. The minimum absolute atomic E-state index is 0.250. The number of nitrogens with zero attached hydrogens (tertiary/aromatic N) is 3. The number of thioether (sulfide) groups is 1. The molecular formula is C10H17ClN4S. The molecule has 2 N–H and O–H groups in total. The number of nitrogens with two attached hydrogens (primary N) is 1. The van der Waals surface area contributed by atoms with Gasteiger partial charge in [0.25, 0.3) is 0 Å². The second kappa shape index (κ2) is 6.93. The molecular weight excluding hydrogens is 244 g/mol. The van der Waals surface area contributed by atoms with Crippen LogP contribution in [0.15, 0.2) is 11.2 Å². The molecule has 0 aliphatic heterocycles. The van der Waals surface area contributed by atoms with E-state index in [-0.39, 0.29) is 5.28 Å². The minimum atomic E-state index is 0.250. The number of nitrogen functional groups attached to an aromatic ring is 1. The van der Waals surface area contributed by atoms with Crippen LogP contribution in [-0.2, 0) is 0 Å². The zero-order valence-electron chi connectivity index (χ0n) is 9.61. The number of hydrogen-bond donors (Lipinski definition) is 1. The maximum Gasteiger partial charge on any atom is 0.223 e. The molecule has 0 fully saturated rings. The van der Waals surface area contributed by atoms with Gasteiger partial charge in [0.2, 0.25) is 5.28 Å². The van der Waals surface area contributed by atoms with Crippen LogP contribution in [0.25, 0.3) is 0 Å². The van der Waals surface area contributed by atoms with Gasteiger partial charge in [0.1, 0.15) is 5.03 Å². The Morgan fingerprint density at radius 1 is 1.44 bits per heavy atom. The maximum atomic E-state index is 5.75. The van der Waals surface area contributed by atoms with E-state index in [1.54, 1.807) is 18.0 Å². The lowest BCUT2D eigenvalue weighted by Gasteiger charge is -2.17. The van der Waals surface area contributed by atoms with E-state index < -0.39 is 0 Å². The molecule has 4 nitrogen and oxygen atoms in total. The van der Waals surface area contributed by atoms with E-state index in [9.17, 15) is 0 Å². The van der Waals surface area contributed by atoms with Crippen molar-refractivity contribution in [2.75, 3.05) is 31.1 Å². The zero-order valence-corrected chi connectivity index (χ0v) is 11.2. The Morgan fingerprint density at radius 3 is 2.75 bits per heavy atom. The molecule has 0 aliphatic carbocycles. The third-order valence-corrected chi connectivity index (χ3v) is 3.46. The van der Waals surface area contributed by atoms with Crippen molar-refractivity contribution in [3.05, 3.63) is 11.5 Å². The standard InChI is InChI=1S/C10H17ClN4S/c1-3-15(4-2)5-6-16-9-8(12)7-13-10(11)14-9/h7H,3-6,12H2,1-2H3. The van der Waals surface area contributed by atoms with Crippen LogP contribution in [0.5, 0.6) is 0 Å². The summed E-state index contributed by atoms with van der Waals surface area (Å²) in [5.74, 6) is 0.958. The number of anilines is 1. The molecule has 0 amide bonds. The lowest BCUT2D eigenvalue weighted by atomic mass is 10.5. The fraction of sp³-hybridized carbons (Fsp3) is 0.600. The van der Waals surface area contributed by atoms with Gasteiger partial charge >= 0.3 is 0 Å². The van der Waals surface area contributed by atoms with E-state index in [0.717, 1.165) is 30.4 Å². The molecule has 6 heteroatoms. The first-order valence-electron chi connectivity index (χ1n) is 5.30. The van der Waals surface area contributed by atoms with Crippen molar-refractivity contribution in [3.63, 3.8) is 0 Å². The Kier molecular flexibility index (Phi) is 5.87. The zero-order chi connectivity index (χ0) is 12.0. The van der Waals surface area contributed by atoms with Gasteiger partial charge in [-0.1, -0.05) is 13.8 Å². The van der Waals surface area contributed by atoms with Crippen molar-refractivity contribution < 1.29 is 0 Å². The van der Waals surface area contributed by atoms with Crippen LogP contribution < -0.4 is 5.73 Å². The van der Waals surface area contributed by atoms with Crippen molar-refractivity contribution in [3.8, 4) is 0 Å². The third kappa shape index (κ3) is 4.15. The number of rotatable bonds is 6. The summed E-state index contributed by atoms with van der Waals surface area (Å²) < 4.78 is 0. The smallest absolute Gasteiger partial charge is 0.223 e. The lowest BCUT2D eigenvalue weighted by Crippen LogP contribution is -2.25. The largest absolute Gasteiger partial charge is 0.395 e. The predicted octanol–water partition coefficient (Wildman–Crippen LogP) is 2.15. The SMILES string of the molecule is CCN(CC)CCSc1nc(Cl)ncc1N. The molecule has 0 saturated heterocycles. The first-order valence-corrected chi connectivity index (χ1v) is 6.66. The molecule has 90 valence electrons. The Hall–Kier alpha value is -0.520. The van der Waals surface area contributed by atoms with Crippen molar-refractivity contribution in [2.24, 2.45) is 0 Å². The topological polar surface area (TPSA) is 55.0 Å². The molecule has 1 heterocycles. The summed E-state index contributed by atoms with van der Waals surface area (Å²) in [7, 11) is 0. The molecule has 0 aromatic carbocycles. The Bertz CT molecular complexity index is 331. The van der Waals surface area contributed by atoms with Crippen molar-refractivity contribution in [1.29, 1.82) is 0 Å². The molecule has 0 bridgehead atoms. The van der Waals surface area contributed by atoms with Gasteiger partial charge in [-0.3, -0.25) is 0 Å². The van der Waals surface area contributed by atoms with Gasteiger partial charge in [-0.25, -0.2) is 9.97 Å². The highest BCUT2D eigenvalue weighted by molar-refractivity contribution is 7.99. The molecule has 0 unspecified atom stereocenters. The van der Waals surface area contributed by atoms with Crippen LogP contribution >= 0.6 is 23.4 Å². The maximum absolute atomic E-state index is 5.75. The monoisotopic (exact) mass is 260 g/mol. The summed E-state index contributed by atoms with van der Waals surface area (Å²) in [4.78, 5) is 10.3. The van der Waals surface area contributed by atoms with E-state index in [2.05, 4.69) is 28.7 Å². The fourth-order valence-electron chi connectivity index (χ4n) is 1.28. The first-order chi connectivity index (χ1) is 7.67. The Morgan fingerprint density at radius 2 is 2.12 bits per heavy atom. The van der Waals surface area contributed by atoms with E-state index in [0.29, 0.717) is 5.69 Å². The van der Waals surface area contributed by atoms with E-state index in [1.807, 2.05) is 0 Å². The second-order valence-corrected chi connectivity index (χ2v) is 4.70. The predicted molar refractivity (Wildman–Crippen MR) is 70.0 cm³/mol. The fourth-order valence-corrected chi connectivity index (χ4v) is 2.38. The summed E-state index contributed by atoms with van der Waals surface area (Å²) in [6, 6.07) is 0. The summed E-state index contributed by atoms with van der Waals surface area (Å²) in [5.41, 5.74) is 6.34. The second-order valence-electron chi connectivity index (χ2n) is 3.27. The highest BCUT2D eigenvalue weighted by atomic mass is 35.5. The summed E-state index contributed by atoms with van der Waals surface area (Å²) in [6.07, 6.45) is 1.55. The summed E-state index contributed by atoms with van der Waals surface area (Å²) in [6.45, 7) is 7.47. The first kappa shape index (κ1) is 13.5. The molecule has 1 aromatic heterocycles. The Labute approximate surface area is 106 Å². The van der Waals surface area contributed by atoms with Gasteiger partial charge in [0.15, 0.2) is 0 Å². The van der Waals surface area contributed by atoms with Crippen LogP contribution in [0.4, 0.5) is 5.69 Å². The number of hydrogen-bond acceptors (Lipinski definition) is 5. The van der Waals surface area contributed by atoms with Crippen molar-refractivity contribution in [1.82, 2.24) is 14.9 Å². The van der Waals surface area contributed by atoms with Crippen LogP contribution in [0.2, 0.25) is 5.28 Å². The summed E-state index contributed by atoms with van der Waals surface area (Å²) in [5, 5.41) is 1.02. The minimum Gasteiger partial charge on any atom is -0.395 e. The lowest BCUT2D eigenvalue weighted by molar-refractivity contribution is 0.324. The molecule has 0 radical (unpaired) electrons. The van der Waals surface area contributed by atoms with E-state index in [4.69, 9.17) is 17.3 Å². The average molecular weight is 261 g/mol. The normalized spacial score (nSPS) is 11.0. The van der Waals surface area contributed by atoms with Gasteiger partial charge in [-0.15, -0.1) is 11.8 Å². The molecule has 1 aromatic rings. The molecule has 0 spiro atoms. The molecule has 0 saturated carbocycles. The van der Waals surface area contributed by atoms with Crippen molar-refractivity contribution >= 4 is 29.1 Å². The highest BCUT2D eigenvalue weighted by Crippen LogP contribution is 2.22. The molecule has 16 heavy (non-hydrogen) atoms. The van der Waals surface area contributed by atoms with Crippen LogP contribution in [0.3, 0.4) is 0 Å². The van der Waals surface area contributed by atoms with Gasteiger partial charge in [-0.05, 0) is 24.7 Å². The van der Waals surface area contributed by atoms with E-state index >= 15 is 0 Å². The van der Waals surface area contributed by atoms with Gasteiger partial charge in [0.05, 0.1) is 11.9 Å². The van der Waals surface area contributed by atoms with Gasteiger partial charge in [-0.2, -0.15) is 0 Å². The van der Waals surface area contributed by atoms with Crippen LogP contribution in [0, 0.1) is 0 Å². The van der Waals surface area contributed by atoms with Crippen molar-refractivity contribution in [2.45, 2.75) is 18.9 Å². The molecule has 0 aliphatic rings. The van der Waals surface area contributed by atoms with E-state index in [1.165, 1.54) is 0 Å². The number of halogens is 1. The number of aromatic nitrogens is 2. The van der Waals surface area contributed by atoms with Gasteiger partial charge in [0, 0.05) is 12.3 Å². The van der Waals surface area contributed by atoms with Crippen LogP contribution in [0.1, 0.15) is 13.8 Å². The van der Waals surface area contributed by atoms with Gasteiger partial charge < -0.3 is 10.6 Å². The molecule has 1 rings (SSSR count). The Balaban J connectivity index is 2.45. The molecule has 0 atom stereocenters. The average Bonchev–Trinajstić information content (AvgIpc) is 2.29. The quantitative estimate of drug-likeness (QED) is 0.483. The van der Waals surface area contributed by atoms with Crippen LogP contribution in [-0.4, -0.2) is 40.3 Å².